The van der Waals surface area contributed by atoms with Crippen molar-refractivity contribution in [3.8, 4) is 0 Å². The highest BCUT2D eigenvalue weighted by atomic mass is 35.5. The topological polar surface area (TPSA) is 70.6 Å². The SMILES string of the molecule is Cc1c(Cl)cccc1NC(=O)C(=O)N/N=C/c1cccc2ccccc12. The number of anilines is 1. The fourth-order valence-corrected chi connectivity index (χ4v) is 2.67. The molecular formula is C20H16ClN3O2. The molecule has 3 aromatic rings. The summed E-state index contributed by atoms with van der Waals surface area (Å²) in [5, 5.41) is 8.99. The van der Waals surface area contributed by atoms with Gasteiger partial charge in [-0.2, -0.15) is 5.10 Å². The van der Waals surface area contributed by atoms with Crippen LogP contribution in [0.2, 0.25) is 5.02 Å². The molecule has 6 heteroatoms. The van der Waals surface area contributed by atoms with E-state index in [0.717, 1.165) is 16.3 Å². The van der Waals surface area contributed by atoms with Crippen molar-refractivity contribution in [2.75, 3.05) is 5.32 Å². The van der Waals surface area contributed by atoms with E-state index in [1.165, 1.54) is 6.21 Å². The molecule has 3 aromatic carbocycles. The molecule has 0 heterocycles. The van der Waals surface area contributed by atoms with Gasteiger partial charge in [-0.05, 0) is 35.4 Å². The standard InChI is InChI=1S/C20H16ClN3O2/c1-13-17(21)10-5-11-18(13)23-19(25)20(26)24-22-12-15-8-4-7-14-6-2-3-9-16(14)15/h2-12H,1H3,(H,23,25)(H,24,26)/b22-12+. The highest BCUT2D eigenvalue weighted by Crippen LogP contribution is 2.22. The smallest absolute Gasteiger partial charge is 0.317 e. The molecule has 2 amide bonds. The zero-order valence-corrected chi connectivity index (χ0v) is 14.7. The molecule has 0 aliphatic heterocycles. The monoisotopic (exact) mass is 365 g/mol. The fourth-order valence-electron chi connectivity index (χ4n) is 2.50. The van der Waals surface area contributed by atoms with E-state index in [2.05, 4.69) is 15.8 Å². The number of hydrogen-bond donors (Lipinski definition) is 2. The van der Waals surface area contributed by atoms with Crippen molar-refractivity contribution in [2.24, 2.45) is 5.10 Å². The average Bonchev–Trinajstić information content (AvgIpc) is 2.65. The van der Waals surface area contributed by atoms with Crippen molar-refractivity contribution in [3.63, 3.8) is 0 Å². The summed E-state index contributed by atoms with van der Waals surface area (Å²) in [5.74, 6) is -1.67. The van der Waals surface area contributed by atoms with Gasteiger partial charge in [-0.15, -0.1) is 0 Å². The molecule has 0 aliphatic carbocycles. The van der Waals surface area contributed by atoms with Gasteiger partial charge in [0.1, 0.15) is 0 Å². The van der Waals surface area contributed by atoms with E-state index in [-0.39, 0.29) is 0 Å². The number of hydrogen-bond acceptors (Lipinski definition) is 3. The van der Waals surface area contributed by atoms with Crippen LogP contribution in [0.25, 0.3) is 10.8 Å². The number of fused-ring (bicyclic) bond motifs is 1. The number of nitrogens with one attached hydrogen (secondary N) is 2. The summed E-state index contributed by atoms with van der Waals surface area (Å²) in [6.45, 7) is 1.76. The predicted octanol–water partition coefficient (Wildman–Crippen LogP) is 3.89. The van der Waals surface area contributed by atoms with Gasteiger partial charge in [-0.3, -0.25) is 9.59 Å². The van der Waals surface area contributed by atoms with Gasteiger partial charge < -0.3 is 5.32 Å². The van der Waals surface area contributed by atoms with Crippen LogP contribution in [0, 0.1) is 6.92 Å². The van der Waals surface area contributed by atoms with Crippen molar-refractivity contribution >= 4 is 46.1 Å². The largest absolute Gasteiger partial charge is 0.329 e. The Labute approximate surface area is 155 Å². The van der Waals surface area contributed by atoms with E-state index in [4.69, 9.17) is 11.6 Å². The minimum absolute atomic E-state index is 0.482. The van der Waals surface area contributed by atoms with Crippen LogP contribution in [0.3, 0.4) is 0 Å². The minimum atomic E-state index is -0.860. The number of amides is 2. The van der Waals surface area contributed by atoms with E-state index >= 15 is 0 Å². The summed E-state index contributed by atoms with van der Waals surface area (Å²) < 4.78 is 0. The minimum Gasteiger partial charge on any atom is -0.317 e. The molecule has 0 bridgehead atoms. The van der Waals surface area contributed by atoms with Crippen LogP contribution < -0.4 is 10.7 Å². The molecule has 2 N–H and O–H groups in total. The zero-order chi connectivity index (χ0) is 18.5. The van der Waals surface area contributed by atoms with Crippen LogP contribution in [-0.4, -0.2) is 18.0 Å². The molecule has 26 heavy (non-hydrogen) atoms. The third kappa shape index (κ3) is 3.90. The van der Waals surface area contributed by atoms with Crippen molar-refractivity contribution in [1.29, 1.82) is 0 Å². The van der Waals surface area contributed by atoms with Gasteiger partial charge in [0.15, 0.2) is 0 Å². The number of carbonyl (C=O) groups is 2. The molecule has 0 unspecified atom stereocenters. The maximum absolute atomic E-state index is 12.0. The van der Waals surface area contributed by atoms with Crippen molar-refractivity contribution in [1.82, 2.24) is 5.43 Å². The van der Waals surface area contributed by atoms with Gasteiger partial charge >= 0.3 is 11.8 Å². The summed E-state index contributed by atoms with van der Waals surface area (Å²) in [7, 11) is 0. The predicted molar refractivity (Wildman–Crippen MR) is 105 cm³/mol. The molecule has 0 radical (unpaired) electrons. The lowest BCUT2D eigenvalue weighted by molar-refractivity contribution is -0.136. The van der Waals surface area contributed by atoms with Gasteiger partial charge in [-0.25, -0.2) is 5.43 Å². The van der Waals surface area contributed by atoms with Crippen LogP contribution in [0.1, 0.15) is 11.1 Å². The van der Waals surface area contributed by atoms with E-state index in [9.17, 15) is 9.59 Å². The Morgan fingerprint density at radius 3 is 2.54 bits per heavy atom. The van der Waals surface area contributed by atoms with Crippen LogP contribution in [0.15, 0.2) is 65.8 Å². The van der Waals surface area contributed by atoms with E-state index in [1.54, 1.807) is 25.1 Å². The Balaban J connectivity index is 1.67. The quantitative estimate of drug-likeness (QED) is 0.420. The van der Waals surface area contributed by atoms with Crippen molar-refractivity contribution in [3.05, 3.63) is 76.8 Å². The third-order valence-corrected chi connectivity index (χ3v) is 4.32. The molecule has 0 spiro atoms. The Kier molecular flexibility index (Phi) is 5.29. The zero-order valence-electron chi connectivity index (χ0n) is 14.0. The first-order valence-corrected chi connectivity index (χ1v) is 8.31. The maximum atomic E-state index is 12.0. The number of hydrazone groups is 1. The maximum Gasteiger partial charge on any atom is 0.329 e. The third-order valence-electron chi connectivity index (χ3n) is 3.92. The second kappa shape index (κ2) is 7.80. The van der Waals surface area contributed by atoms with Crippen LogP contribution in [0.5, 0.6) is 0 Å². The molecule has 3 rings (SSSR count). The van der Waals surface area contributed by atoms with Gasteiger partial charge in [0.2, 0.25) is 0 Å². The van der Waals surface area contributed by atoms with Crippen LogP contribution in [0.4, 0.5) is 5.69 Å². The Hall–Kier alpha value is -3.18. The van der Waals surface area contributed by atoms with Crippen LogP contribution >= 0.6 is 11.6 Å². The molecule has 0 aliphatic rings. The van der Waals surface area contributed by atoms with E-state index in [1.807, 2.05) is 42.5 Å². The fraction of sp³-hybridized carbons (Fsp3) is 0.0500. The molecule has 130 valence electrons. The number of halogens is 1. The van der Waals surface area contributed by atoms with Gasteiger partial charge in [0.25, 0.3) is 0 Å². The average molecular weight is 366 g/mol. The lowest BCUT2D eigenvalue weighted by Crippen LogP contribution is -2.32. The van der Waals surface area contributed by atoms with E-state index < -0.39 is 11.8 Å². The number of rotatable bonds is 3. The highest BCUT2D eigenvalue weighted by molar-refractivity contribution is 6.40. The summed E-state index contributed by atoms with van der Waals surface area (Å²) >= 11 is 6.00. The molecule has 5 nitrogen and oxygen atoms in total. The molecule has 0 saturated carbocycles. The normalized spacial score (nSPS) is 10.8. The Morgan fingerprint density at radius 2 is 1.69 bits per heavy atom. The molecule has 0 aromatic heterocycles. The summed E-state index contributed by atoms with van der Waals surface area (Å²) in [4.78, 5) is 23.9. The molecular weight excluding hydrogens is 350 g/mol. The second-order valence-electron chi connectivity index (χ2n) is 5.63. The Bertz CT molecular complexity index is 1010. The molecule has 0 atom stereocenters. The van der Waals surface area contributed by atoms with Gasteiger partial charge in [0.05, 0.1) is 6.21 Å². The van der Waals surface area contributed by atoms with Crippen molar-refractivity contribution in [2.45, 2.75) is 6.92 Å². The number of carbonyl (C=O) groups excluding carboxylic acids is 2. The van der Waals surface area contributed by atoms with Crippen LogP contribution in [-0.2, 0) is 9.59 Å². The lowest BCUT2D eigenvalue weighted by atomic mass is 10.1. The second-order valence-corrected chi connectivity index (χ2v) is 6.04. The Morgan fingerprint density at radius 1 is 0.962 bits per heavy atom. The number of nitrogens with zero attached hydrogens (tertiary/aromatic N) is 1. The lowest BCUT2D eigenvalue weighted by Gasteiger charge is -2.08. The number of benzene rings is 3. The first kappa shape index (κ1) is 17.6. The first-order valence-electron chi connectivity index (χ1n) is 7.93. The molecule has 0 saturated heterocycles. The van der Waals surface area contributed by atoms with Gasteiger partial charge in [-0.1, -0.05) is 60.1 Å². The highest BCUT2D eigenvalue weighted by Gasteiger charge is 2.14. The summed E-state index contributed by atoms with van der Waals surface area (Å²) in [6, 6.07) is 18.7. The summed E-state index contributed by atoms with van der Waals surface area (Å²) in [6.07, 6.45) is 1.51. The first-order chi connectivity index (χ1) is 12.6. The van der Waals surface area contributed by atoms with Gasteiger partial charge in [0, 0.05) is 16.3 Å². The molecule has 0 fully saturated rings. The van der Waals surface area contributed by atoms with E-state index in [0.29, 0.717) is 16.3 Å². The van der Waals surface area contributed by atoms with Crippen molar-refractivity contribution < 1.29 is 9.59 Å². The summed E-state index contributed by atoms with van der Waals surface area (Å²) in [5.41, 5.74) is 4.25.